The Balaban J connectivity index is 2.24. The number of para-hydroxylation sites is 2. The minimum atomic E-state index is -0.421. The molecule has 0 aliphatic heterocycles. The quantitative estimate of drug-likeness (QED) is 0.447. The zero-order valence-electron chi connectivity index (χ0n) is 10.7. The van der Waals surface area contributed by atoms with Gasteiger partial charge in [-0.15, -0.1) is 0 Å². The molecule has 1 aliphatic rings. The normalized spacial score (nSPS) is 13.9. The summed E-state index contributed by atoms with van der Waals surface area (Å²) >= 11 is 0. The summed E-state index contributed by atoms with van der Waals surface area (Å²) in [6.07, 6.45) is 1.90. The molecule has 1 aliphatic carbocycles. The second kappa shape index (κ2) is 5.69. The molecule has 0 unspecified atom stereocenters. The number of carbonyl (C=O) groups is 1. The Morgan fingerprint density at radius 2 is 2.16 bits per heavy atom. The van der Waals surface area contributed by atoms with Crippen molar-refractivity contribution in [1.82, 2.24) is 0 Å². The molecule has 0 saturated heterocycles. The minimum Gasteiger partial charge on any atom is -0.465 e. The fraction of sp³-hybridized carbons (Fsp3) is 0.462. The van der Waals surface area contributed by atoms with E-state index in [-0.39, 0.29) is 24.2 Å². The molecule has 0 spiro atoms. The van der Waals surface area contributed by atoms with Gasteiger partial charge in [0, 0.05) is 12.1 Å². The zero-order valence-corrected chi connectivity index (χ0v) is 10.7. The summed E-state index contributed by atoms with van der Waals surface area (Å²) in [4.78, 5) is 24.0. The number of nitrogens with zero attached hydrogens (tertiary/aromatic N) is 2. The number of rotatable bonds is 6. The van der Waals surface area contributed by atoms with Gasteiger partial charge in [-0.2, -0.15) is 0 Å². The summed E-state index contributed by atoms with van der Waals surface area (Å²) < 4.78 is 4.92. The number of nitro groups is 1. The molecule has 1 aromatic carbocycles. The lowest BCUT2D eigenvalue weighted by Crippen LogP contribution is -2.33. The third-order valence-electron chi connectivity index (χ3n) is 2.98. The molecular weight excluding hydrogens is 248 g/mol. The molecule has 0 bridgehead atoms. The van der Waals surface area contributed by atoms with E-state index in [1.165, 1.54) is 6.07 Å². The van der Waals surface area contributed by atoms with Gasteiger partial charge < -0.3 is 9.64 Å². The molecule has 19 heavy (non-hydrogen) atoms. The van der Waals surface area contributed by atoms with Gasteiger partial charge in [-0.1, -0.05) is 12.1 Å². The lowest BCUT2D eigenvalue weighted by Gasteiger charge is -2.23. The van der Waals surface area contributed by atoms with Crippen molar-refractivity contribution in [2.45, 2.75) is 25.8 Å². The first-order chi connectivity index (χ1) is 9.13. The van der Waals surface area contributed by atoms with Crippen LogP contribution in [-0.4, -0.2) is 30.1 Å². The third-order valence-corrected chi connectivity index (χ3v) is 2.98. The first-order valence-electron chi connectivity index (χ1n) is 6.29. The smallest absolute Gasteiger partial charge is 0.325 e. The fourth-order valence-electron chi connectivity index (χ4n) is 2.00. The first kappa shape index (κ1) is 13.3. The van der Waals surface area contributed by atoms with Gasteiger partial charge in [0.25, 0.3) is 5.69 Å². The van der Waals surface area contributed by atoms with Crippen molar-refractivity contribution < 1.29 is 14.5 Å². The summed E-state index contributed by atoms with van der Waals surface area (Å²) in [6, 6.07) is 6.69. The lowest BCUT2D eigenvalue weighted by atomic mass is 10.2. The van der Waals surface area contributed by atoms with Crippen molar-refractivity contribution in [3.63, 3.8) is 0 Å². The maximum atomic E-state index is 11.6. The predicted octanol–water partition coefficient (Wildman–Crippen LogP) is 2.13. The largest absolute Gasteiger partial charge is 0.465 e. The van der Waals surface area contributed by atoms with E-state index in [0.29, 0.717) is 12.3 Å². The number of ether oxygens (including phenoxy) is 1. The van der Waals surface area contributed by atoms with E-state index in [9.17, 15) is 14.9 Å². The second-order valence-electron chi connectivity index (χ2n) is 4.41. The van der Waals surface area contributed by atoms with Gasteiger partial charge in [-0.05, 0) is 25.8 Å². The number of anilines is 1. The number of benzene rings is 1. The van der Waals surface area contributed by atoms with Gasteiger partial charge in [0.2, 0.25) is 0 Å². The van der Waals surface area contributed by atoms with Crippen LogP contribution in [0.1, 0.15) is 19.8 Å². The molecule has 2 rings (SSSR count). The zero-order chi connectivity index (χ0) is 13.8. The van der Waals surface area contributed by atoms with Crippen molar-refractivity contribution in [2.75, 3.05) is 18.1 Å². The van der Waals surface area contributed by atoms with Crippen LogP contribution in [0.5, 0.6) is 0 Å². The Hall–Kier alpha value is -2.11. The van der Waals surface area contributed by atoms with Crippen LogP contribution in [0.2, 0.25) is 0 Å². The van der Waals surface area contributed by atoms with E-state index in [4.69, 9.17) is 4.74 Å². The lowest BCUT2D eigenvalue weighted by molar-refractivity contribution is -0.384. The van der Waals surface area contributed by atoms with Crippen molar-refractivity contribution in [3.05, 3.63) is 34.4 Å². The molecule has 6 nitrogen and oxygen atoms in total. The number of carbonyl (C=O) groups excluding carboxylic acids is 1. The number of nitro benzene ring substituents is 1. The Kier molecular flexibility index (Phi) is 3.99. The Morgan fingerprint density at radius 3 is 2.74 bits per heavy atom. The van der Waals surface area contributed by atoms with Crippen molar-refractivity contribution in [1.29, 1.82) is 0 Å². The van der Waals surface area contributed by atoms with E-state index in [2.05, 4.69) is 0 Å². The van der Waals surface area contributed by atoms with Crippen molar-refractivity contribution in [2.24, 2.45) is 0 Å². The molecule has 0 amide bonds. The Bertz CT molecular complexity index is 485. The van der Waals surface area contributed by atoms with Gasteiger partial charge in [0.05, 0.1) is 11.5 Å². The predicted molar refractivity (Wildman–Crippen MR) is 70.1 cm³/mol. The molecule has 0 heterocycles. The van der Waals surface area contributed by atoms with Gasteiger partial charge in [-0.3, -0.25) is 14.9 Å². The van der Waals surface area contributed by atoms with E-state index in [0.717, 1.165) is 12.8 Å². The molecule has 1 aromatic rings. The van der Waals surface area contributed by atoms with Gasteiger partial charge in [0.1, 0.15) is 12.2 Å². The summed E-state index contributed by atoms with van der Waals surface area (Å²) in [6.45, 7) is 2.11. The molecule has 0 radical (unpaired) electrons. The maximum absolute atomic E-state index is 11.6. The molecule has 1 saturated carbocycles. The fourth-order valence-corrected chi connectivity index (χ4v) is 2.00. The van der Waals surface area contributed by atoms with E-state index >= 15 is 0 Å². The van der Waals surface area contributed by atoms with E-state index < -0.39 is 4.92 Å². The highest BCUT2D eigenvalue weighted by molar-refractivity contribution is 5.78. The Morgan fingerprint density at radius 1 is 1.47 bits per heavy atom. The third kappa shape index (κ3) is 3.21. The first-order valence-corrected chi connectivity index (χ1v) is 6.29. The molecular formula is C13H16N2O4. The van der Waals surface area contributed by atoms with Gasteiger partial charge in [0.15, 0.2) is 0 Å². The summed E-state index contributed by atoms with van der Waals surface area (Å²) in [5.74, 6) is -0.354. The van der Waals surface area contributed by atoms with Crippen LogP contribution in [0.25, 0.3) is 0 Å². The van der Waals surface area contributed by atoms with Crippen LogP contribution in [0.4, 0.5) is 11.4 Å². The summed E-state index contributed by atoms with van der Waals surface area (Å²) in [5.41, 5.74) is 0.516. The minimum absolute atomic E-state index is 0.0266. The summed E-state index contributed by atoms with van der Waals surface area (Å²) in [5, 5.41) is 11.0. The molecule has 0 atom stereocenters. The SMILES string of the molecule is CCOC(=O)CN(c1ccccc1[N+](=O)[O-])C1CC1. The molecule has 0 N–H and O–H groups in total. The number of hydrogen-bond acceptors (Lipinski definition) is 5. The highest BCUT2D eigenvalue weighted by Gasteiger charge is 2.34. The topological polar surface area (TPSA) is 72.7 Å². The summed E-state index contributed by atoms with van der Waals surface area (Å²) in [7, 11) is 0. The molecule has 102 valence electrons. The number of esters is 1. The van der Waals surface area contributed by atoms with Crippen LogP contribution in [0.3, 0.4) is 0 Å². The average Bonchev–Trinajstić information content (AvgIpc) is 3.20. The maximum Gasteiger partial charge on any atom is 0.325 e. The standard InChI is InChI=1S/C13H16N2O4/c1-2-19-13(16)9-14(10-7-8-10)11-5-3-4-6-12(11)15(17)18/h3-6,10H,2,7-9H2,1H3. The van der Waals surface area contributed by atoms with Crippen LogP contribution in [0, 0.1) is 10.1 Å². The van der Waals surface area contributed by atoms with Gasteiger partial charge in [-0.25, -0.2) is 0 Å². The highest BCUT2D eigenvalue weighted by atomic mass is 16.6. The highest BCUT2D eigenvalue weighted by Crippen LogP contribution is 2.36. The molecule has 1 fully saturated rings. The van der Waals surface area contributed by atoms with Crippen LogP contribution < -0.4 is 4.90 Å². The van der Waals surface area contributed by atoms with Crippen LogP contribution in [-0.2, 0) is 9.53 Å². The van der Waals surface area contributed by atoms with Crippen LogP contribution in [0.15, 0.2) is 24.3 Å². The Labute approximate surface area is 111 Å². The number of hydrogen-bond donors (Lipinski definition) is 0. The second-order valence-corrected chi connectivity index (χ2v) is 4.41. The molecule has 0 aromatic heterocycles. The average molecular weight is 264 g/mol. The molecule has 6 heteroatoms. The van der Waals surface area contributed by atoms with Gasteiger partial charge >= 0.3 is 5.97 Å². The van der Waals surface area contributed by atoms with E-state index in [1.54, 1.807) is 30.0 Å². The van der Waals surface area contributed by atoms with Crippen LogP contribution >= 0.6 is 0 Å². The van der Waals surface area contributed by atoms with E-state index in [1.807, 2.05) is 0 Å². The van der Waals surface area contributed by atoms with Crippen molar-refractivity contribution >= 4 is 17.3 Å². The monoisotopic (exact) mass is 264 g/mol. The van der Waals surface area contributed by atoms with Crippen molar-refractivity contribution in [3.8, 4) is 0 Å².